The standard InChI is InChI=1S/C15H11FN2O/c16-12-5-3-4-11(8-12)9-18-10-17-14-7-2-1-6-13(14)15(18)19/h1-8,10H,9H2. The van der Waals surface area contributed by atoms with Crippen molar-refractivity contribution in [3.8, 4) is 0 Å². The van der Waals surface area contributed by atoms with Crippen molar-refractivity contribution in [2.24, 2.45) is 0 Å². The van der Waals surface area contributed by atoms with Crippen molar-refractivity contribution in [3.63, 3.8) is 0 Å². The summed E-state index contributed by atoms with van der Waals surface area (Å²) in [5.74, 6) is -0.306. The van der Waals surface area contributed by atoms with E-state index in [1.54, 1.807) is 30.3 Å². The fourth-order valence-corrected chi connectivity index (χ4v) is 2.05. The molecule has 0 amide bonds. The second-order valence-electron chi connectivity index (χ2n) is 4.32. The predicted octanol–water partition coefficient (Wildman–Crippen LogP) is 2.58. The van der Waals surface area contributed by atoms with Crippen LogP contribution in [0.15, 0.2) is 59.7 Å². The summed E-state index contributed by atoms with van der Waals surface area (Å²) < 4.78 is 14.6. The smallest absolute Gasteiger partial charge is 0.261 e. The Morgan fingerprint density at radius 1 is 1.11 bits per heavy atom. The third kappa shape index (κ3) is 2.25. The highest BCUT2D eigenvalue weighted by Gasteiger charge is 2.04. The van der Waals surface area contributed by atoms with E-state index in [-0.39, 0.29) is 11.4 Å². The molecule has 0 aliphatic heterocycles. The number of fused-ring (bicyclic) bond motifs is 1. The highest BCUT2D eigenvalue weighted by Crippen LogP contribution is 2.07. The molecule has 3 rings (SSSR count). The molecular weight excluding hydrogens is 243 g/mol. The van der Waals surface area contributed by atoms with Crippen molar-refractivity contribution in [1.82, 2.24) is 9.55 Å². The summed E-state index contributed by atoms with van der Waals surface area (Å²) in [4.78, 5) is 16.5. The molecule has 0 N–H and O–H groups in total. The van der Waals surface area contributed by atoms with E-state index in [0.717, 1.165) is 5.56 Å². The van der Waals surface area contributed by atoms with Crippen molar-refractivity contribution in [3.05, 3.63) is 76.6 Å². The van der Waals surface area contributed by atoms with Crippen molar-refractivity contribution >= 4 is 10.9 Å². The van der Waals surface area contributed by atoms with Gasteiger partial charge in [0.2, 0.25) is 0 Å². The molecule has 0 unspecified atom stereocenters. The van der Waals surface area contributed by atoms with Gasteiger partial charge in [-0.25, -0.2) is 9.37 Å². The lowest BCUT2D eigenvalue weighted by Gasteiger charge is -2.06. The fourth-order valence-electron chi connectivity index (χ4n) is 2.05. The predicted molar refractivity (Wildman–Crippen MR) is 71.5 cm³/mol. The molecule has 0 fully saturated rings. The van der Waals surface area contributed by atoms with Gasteiger partial charge in [-0.05, 0) is 29.8 Å². The van der Waals surface area contributed by atoms with Gasteiger partial charge in [0.15, 0.2) is 0 Å². The molecule has 3 aromatic rings. The molecule has 0 saturated carbocycles. The van der Waals surface area contributed by atoms with Crippen molar-refractivity contribution < 1.29 is 4.39 Å². The van der Waals surface area contributed by atoms with E-state index >= 15 is 0 Å². The van der Waals surface area contributed by atoms with Gasteiger partial charge in [-0.15, -0.1) is 0 Å². The molecule has 1 heterocycles. The Hall–Kier alpha value is -2.49. The maximum Gasteiger partial charge on any atom is 0.261 e. The van der Waals surface area contributed by atoms with Crippen molar-refractivity contribution in [2.45, 2.75) is 6.54 Å². The van der Waals surface area contributed by atoms with E-state index in [4.69, 9.17) is 0 Å². The molecule has 0 saturated heterocycles. The summed E-state index contributed by atoms with van der Waals surface area (Å²) in [6.07, 6.45) is 1.50. The highest BCUT2D eigenvalue weighted by atomic mass is 19.1. The Kier molecular flexibility index (Phi) is 2.83. The first kappa shape index (κ1) is 11.6. The summed E-state index contributed by atoms with van der Waals surface area (Å²) in [7, 11) is 0. The second kappa shape index (κ2) is 4.65. The molecule has 2 aromatic carbocycles. The zero-order valence-corrected chi connectivity index (χ0v) is 10.1. The number of benzene rings is 2. The van der Waals surface area contributed by atoms with Gasteiger partial charge in [0, 0.05) is 0 Å². The van der Waals surface area contributed by atoms with Crippen LogP contribution >= 0.6 is 0 Å². The molecule has 19 heavy (non-hydrogen) atoms. The number of aromatic nitrogens is 2. The van der Waals surface area contributed by atoms with E-state index in [2.05, 4.69) is 4.98 Å². The van der Waals surface area contributed by atoms with Crippen LogP contribution in [0.1, 0.15) is 5.56 Å². The van der Waals surface area contributed by atoms with E-state index < -0.39 is 0 Å². The van der Waals surface area contributed by atoms with Gasteiger partial charge >= 0.3 is 0 Å². The summed E-state index contributed by atoms with van der Waals surface area (Å²) in [6.45, 7) is 0.314. The Morgan fingerprint density at radius 2 is 1.95 bits per heavy atom. The summed E-state index contributed by atoms with van der Waals surface area (Å²) in [6, 6.07) is 13.4. The van der Waals surface area contributed by atoms with Crippen LogP contribution in [-0.4, -0.2) is 9.55 Å². The Bertz CT molecular complexity index is 795. The van der Waals surface area contributed by atoms with Crippen LogP contribution in [0, 0.1) is 5.82 Å². The summed E-state index contributed by atoms with van der Waals surface area (Å²) in [5, 5.41) is 0.571. The minimum absolute atomic E-state index is 0.116. The summed E-state index contributed by atoms with van der Waals surface area (Å²) >= 11 is 0. The minimum atomic E-state index is -0.306. The van der Waals surface area contributed by atoms with Gasteiger partial charge < -0.3 is 0 Å². The van der Waals surface area contributed by atoms with Crippen molar-refractivity contribution in [1.29, 1.82) is 0 Å². The van der Waals surface area contributed by atoms with Gasteiger partial charge in [-0.1, -0.05) is 24.3 Å². The Morgan fingerprint density at radius 3 is 2.79 bits per heavy atom. The lowest BCUT2D eigenvalue weighted by Crippen LogP contribution is -2.21. The SMILES string of the molecule is O=c1c2ccccc2ncn1Cc1cccc(F)c1. The van der Waals surface area contributed by atoms with Gasteiger partial charge in [0.25, 0.3) is 5.56 Å². The largest absolute Gasteiger partial charge is 0.294 e. The van der Waals surface area contributed by atoms with Crippen LogP contribution in [0.2, 0.25) is 0 Å². The molecule has 0 aliphatic rings. The van der Waals surface area contributed by atoms with Crippen LogP contribution in [0.25, 0.3) is 10.9 Å². The molecule has 0 spiro atoms. The molecule has 1 aromatic heterocycles. The fraction of sp³-hybridized carbons (Fsp3) is 0.0667. The van der Waals surface area contributed by atoms with Gasteiger partial charge in [-0.2, -0.15) is 0 Å². The molecular formula is C15H11FN2O. The highest BCUT2D eigenvalue weighted by molar-refractivity contribution is 5.76. The average molecular weight is 254 g/mol. The van der Waals surface area contributed by atoms with E-state index in [9.17, 15) is 9.18 Å². The topological polar surface area (TPSA) is 34.9 Å². The Balaban J connectivity index is 2.06. The minimum Gasteiger partial charge on any atom is -0.294 e. The maximum absolute atomic E-state index is 13.1. The molecule has 94 valence electrons. The molecule has 0 bridgehead atoms. The molecule has 3 nitrogen and oxygen atoms in total. The van der Waals surface area contributed by atoms with Crippen LogP contribution in [0.3, 0.4) is 0 Å². The third-order valence-electron chi connectivity index (χ3n) is 2.97. The molecule has 0 aliphatic carbocycles. The number of rotatable bonds is 2. The molecule has 4 heteroatoms. The van der Waals surface area contributed by atoms with Gasteiger partial charge in [0.05, 0.1) is 23.8 Å². The normalized spacial score (nSPS) is 10.8. The monoisotopic (exact) mass is 254 g/mol. The van der Waals surface area contributed by atoms with E-state index in [1.165, 1.54) is 23.0 Å². The lowest BCUT2D eigenvalue weighted by molar-refractivity contribution is 0.622. The lowest BCUT2D eigenvalue weighted by atomic mass is 10.2. The molecule has 0 radical (unpaired) electrons. The summed E-state index contributed by atoms with van der Waals surface area (Å²) in [5.41, 5.74) is 1.29. The zero-order valence-electron chi connectivity index (χ0n) is 10.1. The Labute approximate surface area is 109 Å². The quantitative estimate of drug-likeness (QED) is 0.704. The molecule has 0 atom stereocenters. The first-order chi connectivity index (χ1) is 9.24. The first-order valence-corrected chi connectivity index (χ1v) is 5.93. The van der Waals surface area contributed by atoms with E-state index in [0.29, 0.717) is 17.4 Å². The third-order valence-corrected chi connectivity index (χ3v) is 2.97. The number of hydrogen-bond acceptors (Lipinski definition) is 2. The number of para-hydroxylation sites is 1. The zero-order chi connectivity index (χ0) is 13.2. The average Bonchev–Trinajstić information content (AvgIpc) is 2.42. The van der Waals surface area contributed by atoms with Crippen LogP contribution < -0.4 is 5.56 Å². The van der Waals surface area contributed by atoms with Crippen LogP contribution in [0.5, 0.6) is 0 Å². The number of hydrogen-bond donors (Lipinski definition) is 0. The maximum atomic E-state index is 13.1. The van der Waals surface area contributed by atoms with Crippen LogP contribution in [-0.2, 0) is 6.54 Å². The van der Waals surface area contributed by atoms with Gasteiger partial charge in [-0.3, -0.25) is 9.36 Å². The number of halogens is 1. The van der Waals surface area contributed by atoms with E-state index in [1.807, 2.05) is 6.07 Å². The van der Waals surface area contributed by atoms with Gasteiger partial charge in [0.1, 0.15) is 5.82 Å². The first-order valence-electron chi connectivity index (χ1n) is 5.93. The van der Waals surface area contributed by atoms with Crippen LogP contribution in [0.4, 0.5) is 4.39 Å². The number of nitrogens with zero attached hydrogens (tertiary/aromatic N) is 2. The second-order valence-corrected chi connectivity index (χ2v) is 4.32. The van der Waals surface area contributed by atoms with Crippen molar-refractivity contribution in [2.75, 3.05) is 0 Å².